The van der Waals surface area contributed by atoms with Crippen LogP contribution in [0.3, 0.4) is 0 Å². The molecule has 1 heterocycles. The average molecular weight is 214 g/mol. The summed E-state index contributed by atoms with van der Waals surface area (Å²) < 4.78 is 0. The van der Waals surface area contributed by atoms with Crippen LogP contribution < -0.4 is 5.32 Å². The van der Waals surface area contributed by atoms with E-state index in [0.29, 0.717) is 0 Å². The summed E-state index contributed by atoms with van der Waals surface area (Å²) in [6.45, 7) is 0.107. The number of aliphatic carboxylic acids is 1. The number of carboxylic acids is 1. The molecule has 2 rings (SSSR count). The van der Waals surface area contributed by atoms with Gasteiger partial charge in [-0.05, 0) is 12.8 Å². The Bertz CT molecular complexity index is 290. The molecule has 1 aliphatic heterocycles. The number of amides is 2. The molecule has 2 aliphatic rings. The second-order valence-corrected chi connectivity index (χ2v) is 4.12. The Labute approximate surface area is 86.9 Å². The monoisotopic (exact) mass is 214 g/mol. The number of β-amino-alcohol motifs (C(OH)–C–C–N with tert-alkyl or cyclic N) is 1. The Morgan fingerprint density at radius 3 is 2.53 bits per heavy atom. The van der Waals surface area contributed by atoms with Gasteiger partial charge in [0.25, 0.3) is 0 Å². The highest BCUT2D eigenvalue weighted by molar-refractivity contribution is 5.83. The molecule has 0 aromatic rings. The molecule has 0 bridgehead atoms. The number of hydrogen-bond acceptors (Lipinski definition) is 3. The van der Waals surface area contributed by atoms with Gasteiger partial charge in [-0.1, -0.05) is 0 Å². The molecule has 15 heavy (non-hydrogen) atoms. The van der Waals surface area contributed by atoms with Crippen LogP contribution in [-0.4, -0.2) is 51.8 Å². The lowest BCUT2D eigenvalue weighted by atomic mass is 10.2. The van der Waals surface area contributed by atoms with Crippen LogP contribution >= 0.6 is 0 Å². The molecule has 3 N–H and O–H groups in total. The fourth-order valence-corrected chi connectivity index (χ4v) is 1.76. The zero-order valence-electron chi connectivity index (χ0n) is 8.22. The van der Waals surface area contributed by atoms with Crippen LogP contribution in [0.2, 0.25) is 0 Å². The third-order valence-corrected chi connectivity index (χ3v) is 2.73. The third kappa shape index (κ3) is 2.20. The smallest absolute Gasteiger partial charge is 0.326 e. The third-order valence-electron chi connectivity index (χ3n) is 2.73. The second-order valence-electron chi connectivity index (χ2n) is 4.12. The van der Waals surface area contributed by atoms with E-state index in [1.807, 2.05) is 0 Å². The average Bonchev–Trinajstić information content (AvgIpc) is 2.86. The van der Waals surface area contributed by atoms with Crippen molar-refractivity contribution in [3.8, 4) is 0 Å². The van der Waals surface area contributed by atoms with Gasteiger partial charge in [-0.15, -0.1) is 0 Å². The first-order valence-electron chi connectivity index (χ1n) is 5.06. The maximum atomic E-state index is 11.6. The van der Waals surface area contributed by atoms with Crippen LogP contribution in [0.4, 0.5) is 4.79 Å². The molecule has 84 valence electrons. The van der Waals surface area contributed by atoms with Crippen LogP contribution in [0.15, 0.2) is 0 Å². The minimum absolute atomic E-state index is 0.107. The van der Waals surface area contributed by atoms with Crippen molar-refractivity contribution >= 4 is 12.0 Å². The number of nitrogens with zero attached hydrogens (tertiary/aromatic N) is 1. The van der Waals surface area contributed by atoms with E-state index >= 15 is 0 Å². The van der Waals surface area contributed by atoms with Crippen molar-refractivity contribution in [2.75, 3.05) is 6.54 Å². The zero-order valence-corrected chi connectivity index (χ0v) is 8.22. The zero-order chi connectivity index (χ0) is 11.0. The maximum absolute atomic E-state index is 11.6. The van der Waals surface area contributed by atoms with E-state index in [9.17, 15) is 14.7 Å². The first kappa shape index (κ1) is 10.2. The maximum Gasteiger partial charge on any atom is 0.326 e. The van der Waals surface area contributed by atoms with Gasteiger partial charge < -0.3 is 20.4 Å². The fraction of sp³-hybridized carbons (Fsp3) is 0.778. The highest BCUT2D eigenvalue weighted by Gasteiger charge is 2.40. The van der Waals surface area contributed by atoms with E-state index in [1.54, 1.807) is 0 Å². The fourth-order valence-electron chi connectivity index (χ4n) is 1.76. The molecule has 1 saturated heterocycles. The molecule has 1 aliphatic carbocycles. The normalized spacial score (nSPS) is 30.3. The number of hydrogen-bond donors (Lipinski definition) is 3. The Morgan fingerprint density at radius 1 is 1.33 bits per heavy atom. The first-order chi connectivity index (χ1) is 7.08. The highest BCUT2D eigenvalue weighted by atomic mass is 16.4. The summed E-state index contributed by atoms with van der Waals surface area (Å²) in [7, 11) is 0. The number of urea groups is 1. The van der Waals surface area contributed by atoms with Crippen LogP contribution in [-0.2, 0) is 4.79 Å². The summed E-state index contributed by atoms with van der Waals surface area (Å²) in [6.07, 6.45) is 1.31. The number of likely N-dealkylation sites (tertiary alicyclic amines) is 1. The van der Waals surface area contributed by atoms with E-state index in [0.717, 1.165) is 12.8 Å². The van der Waals surface area contributed by atoms with Crippen molar-refractivity contribution in [3.63, 3.8) is 0 Å². The number of aliphatic hydroxyl groups excluding tert-OH is 1. The number of rotatable bonds is 2. The van der Waals surface area contributed by atoms with Crippen molar-refractivity contribution in [1.29, 1.82) is 0 Å². The van der Waals surface area contributed by atoms with Crippen LogP contribution in [0.5, 0.6) is 0 Å². The Kier molecular flexibility index (Phi) is 2.52. The van der Waals surface area contributed by atoms with Crippen molar-refractivity contribution < 1.29 is 19.8 Å². The summed E-state index contributed by atoms with van der Waals surface area (Å²) in [5.74, 6) is -1.06. The van der Waals surface area contributed by atoms with Gasteiger partial charge in [-0.3, -0.25) is 0 Å². The van der Waals surface area contributed by atoms with Crippen molar-refractivity contribution in [3.05, 3.63) is 0 Å². The summed E-state index contributed by atoms with van der Waals surface area (Å²) in [5.41, 5.74) is 0. The molecule has 0 spiro atoms. The topological polar surface area (TPSA) is 89.9 Å². The molecule has 2 atom stereocenters. The number of nitrogens with one attached hydrogen (secondary N) is 1. The molecule has 6 heteroatoms. The van der Waals surface area contributed by atoms with Crippen LogP contribution in [0.25, 0.3) is 0 Å². The lowest BCUT2D eigenvalue weighted by Crippen LogP contribution is -2.46. The molecule has 1 unspecified atom stereocenters. The summed E-state index contributed by atoms with van der Waals surface area (Å²) in [5, 5.41) is 20.9. The largest absolute Gasteiger partial charge is 0.480 e. The SMILES string of the molecule is O=C(O)[C@@H]1CC(O)CN1C(=O)NC1CC1. The van der Waals surface area contributed by atoms with Crippen molar-refractivity contribution in [2.45, 2.75) is 37.5 Å². The number of carboxylic acid groups (broad SMARTS) is 1. The molecule has 2 amide bonds. The molecular formula is C9H14N2O4. The van der Waals surface area contributed by atoms with E-state index in [1.165, 1.54) is 4.90 Å². The van der Waals surface area contributed by atoms with Gasteiger partial charge in [0, 0.05) is 19.0 Å². The number of carbonyl (C=O) groups excluding carboxylic acids is 1. The van der Waals surface area contributed by atoms with Gasteiger partial charge in [0.05, 0.1) is 6.10 Å². The minimum Gasteiger partial charge on any atom is -0.480 e. The van der Waals surface area contributed by atoms with Gasteiger partial charge in [-0.2, -0.15) is 0 Å². The lowest BCUT2D eigenvalue weighted by Gasteiger charge is -2.21. The number of aliphatic hydroxyl groups is 1. The molecule has 1 saturated carbocycles. The predicted molar refractivity (Wildman–Crippen MR) is 50.3 cm³/mol. The predicted octanol–water partition coefficient (Wildman–Crippen LogP) is -0.622. The Morgan fingerprint density at radius 2 is 2.00 bits per heavy atom. The van der Waals surface area contributed by atoms with Gasteiger partial charge >= 0.3 is 12.0 Å². The van der Waals surface area contributed by atoms with Gasteiger partial charge in [0.1, 0.15) is 6.04 Å². The van der Waals surface area contributed by atoms with Gasteiger partial charge in [-0.25, -0.2) is 9.59 Å². The van der Waals surface area contributed by atoms with E-state index in [-0.39, 0.29) is 25.0 Å². The molecule has 0 radical (unpaired) electrons. The Hall–Kier alpha value is -1.30. The molecule has 6 nitrogen and oxygen atoms in total. The van der Waals surface area contributed by atoms with Crippen LogP contribution in [0, 0.1) is 0 Å². The van der Waals surface area contributed by atoms with E-state index in [4.69, 9.17) is 5.11 Å². The van der Waals surface area contributed by atoms with Gasteiger partial charge in [0.15, 0.2) is 0 Å². The molecule has 2 fully saturated rings. The lowest BCUT2D eigenvalue weighted by molar-refractivity contribution is -0.141. The summed E-state index contributed by atoms with van der Waals surface area (Å²) >= 11 is 0. The quantitative estimate of drug-likeness (QED) is 0.571. The summed E-state index contributed by atoms with van der Waals surface area (Å²) in [6, 6.07) is -1.06. The minimum atomic E-state index is -1.06. The second kappa shape index (κ2) is 3.69. The van der Waals surface area contributed by atoms with Crippen LogP contribution in [0.1, 0.15) is 19.3 Å². The van der Waals surface area contributed by atoms with Crippen molar-refractivity contribution in [1.82, 2.24) is 10.2 Å². The highest BCUT2D eigenvalue weighted by Crippen LogP contribution is 2.22. The molecular weight excluding hydrogens is 200 g/mol. The van der Waals surface area contributed by atoms with Gasteiger partial charge in [0.2, 0.25) is 0 Å². The standard InChI is InChI=1S/C9H14N2O4/c12-6-3-7(8(13)14)11(4-6)9(15)10-5-1-2-5/h5-7,12H,1-4H2,(H,10,15)(H,13,14)/t6?,7-/m0/s1. The molecule has 0 aromatic carbocycles. The number of carbonyl (C=O) groups is 2. The first-order valence-corrected chi connectivity index (χ1v) is 5.06. The Balaban J connectivity index is 1.98. The molecule has 0 aromatic heterocycles. The summed E-state index contributed by atoms with van der Waals surface area (Å²) in [4.78, 5) is 23.6. The van der Waals surface area contributed by atoms with E-state index < -0.39 is 18.1 Å². The van der Waals surface area contributed by atoms with Crippen molar-refractivity contribution in [2.24, 2.45) is 0 Å². The van der Waals surface area contributed by atoms with E-state index in [2.05, 4.69) is 5.32 Å².